The minimum atomic E-state index is -3.73. The number of fused-ring (bicyclic) bond motifs is 1. The van der Waals surface area contributed by atoms with Crippen LogP contribution in [0.1, 0.15) is 24.1 Å². The van der Waals surface area contributed by atoms with Crippen LogP contribution in [0, 0.1) is 24.7 Å². The normalized spacial score (nSPS) is 13.6. The van der Waals surface area contributed by atoms with E-state index in [1.54, 1.807) is 19.1 Å². The highest BCUT2D eigenvalue weighted by Gasteiger charge is 2.29. The summed E-state index contributed by atoms with van der Waals surface area (Å²) in [5.74, 6) is 6.17. The predicted octanol–water partition coefficient (Wildman–Crippen LogP) is -0.0592. The van der Waals surface area contributed by atoms with Crippen LogP contribution in [0.3, 0.4) is 0 Å². The molecule has 1 N–H and O–H groups in total. The second-order valence-corrected chi connectivity index (χ2v) is 9.99. The molecule has 0 spiro atoms. The first-order valence-electron chi connectivity index (χ1n) is 10.1. The third-order valence-electron chi connectivity index (χ3n) is 5.27. The van der Waals surface area contributed by atoms with Crippen molar-refractivity contribution in [2.75, 3.05) is 11.6 Å². The molecule has 0 radical (unpaired) electrons. The average molecular weight is 471 g/mol. The van der Waals surface area contributed by atoms with Gasteiger partial charge in [-0.1, -0.05) is 11.8 Å². The van der Waals surface area contributed by atoms with Crippen LogP contribution in [0.4, 0.5) is 5.82 Å². The number of anilines is 1. The van der Waals surface area contributed by atoms with E-state index in [4.69, 9.17) is 0 Å². The monoisotopic (exact) mass is 470 g/mol. The minimum absolute atomic E-state index is 0.0100. The van der Waals surface area contributed by atoms with E-state index in [1.165, 1.54) is 14.1 Å². The Morgan fingerprint density at radius 3 is 2.52 bits per heavy atom. The molecule has 4 rings (SSSR count). The third-order valence-corrected chi connectivity index (χ3v) is 6.30. The molecule has 172 valence electrons. The highest BCUT2D eigenvalue weighted by molar-refractivity contribution is 7.90. The Bertz CT molecular complexity index is 1600. The lowest BCUT2D eigenvalue weighted by atomic mass is 10.2. The van der Waals surface area contributed by atoms with Gasteiger partial charge in [0, 0.05) is 37.5 Å². The SMILES string of the molecule is Cc1cc(C#CCn2c(=O)n(C)c(=O)c3c2nc(S(C)(=O)=O)n3C)cc(NC(=O)C2CC2)n1. The number of hydrogen-bond acceptors (Lipinski definition) is 7. The van der Waals surface area contributed by atoms with Gasteiger partial charge in [0.1, 0.15) is 5.82 Å². The summed E-state index contributed by atoms with van der Waals surface area (Å²) in [5.41, 5.74) is -0.126. The number of sulfone groups is 1. The summed E-state index contributed by atoms with van der Waals surface area (Å²) >= 11 is 0. The summed E-state index contributed by atoms with van der Waals surface area (Å²) in [5, 5.41) is 2.47. The molecule has 33 heavy (non-hydrogen) atoms. The molecule has 11 nitrogen and oxygen atoms in total. The Balaban J connectivity index is 1.73. The summed E-state index contributed by atoms with van der Waals surface area (Å²) in [4.78, 5) is 45.7. The number of aryl methyl sites for hydroxylation is 2. The number of nitrogens with zero attached hydrogens (tertiary/aromatic N) is 5. The van der Waals surface area contributed by atoms with Crippen molar-refractivity contribution in [3.05, 3.63) is 44.2 Å². The Morgan fingerprint density at radius 2 is 1.88 bits per heavy atom. The molecule has 3 heterocycles. The van der Waals surface area contributed by atoms with Crippen LogP contribution >= 0.6 is 0 Å². The fraction of sp³-hybridized carbons (Fsp3) is 0.381. The van der Waals surface area contributed by atoms with Crippen molar-refractivity contribution < 1.29 is 13.2 Å². The van der Waals surface area contributed by atoms with Crippen LogP contribution in [0.5, 0.6) is 0 Å². The van der Waals surface area contributed by atoms with Crippen molar-refractivity contribution in [2.24, 2.45) is 20.0 Å². The van der Waals surface area contributed by atoms with E-state index >= 15 is 0 Å². The minimum Gasteiger partial charge on any atom is -0.312 e. The Labute approximate surface area is 189 Å². The van der Waals surface area contributed by atoms with Gasteiger partial charge >= 0.3 is 5.69 Å². The molecule has 0 aromatic carbocycles. The number of rotatable bonds is 4. The number of pyridine rings is 1. The lowest BCUT2D eigenvalue weighted by Gasteiger charge is -2.06. The number of aromatic nitrogens is 5. The Morgan fingerprint density at radius 1 is 1.18 bits per heavy atom. The zero-order chi connectivity index (χ0) is 24.1. The van der Waals surface area contributed by atoms with Crippen LogP contribution in [-0.2, 0) is 35.3 Å². The first-order valence-corrected chi connectivity index (χ1v) is 12.0. The van der Waals surface area contributed by atoms with E-state index in [0.717, 1.165) is 32.8 Å². The quantitative estimate of drug-likeness (QED) is 0.527. The van der Waals surface area contributed by atoms with Gasteiger partial charge in [0.05, 0.1) is 6.54 Å². The molecule has 0 aliphatic heterocycles. The van der Waals surface area contributed by atoms with E-state index in [-0.39, 0.29) is 34.7 Å². The topological polar surface area (TPSA) is 138 Å². The van der Waals surface area contributed by atoms with Gasteiger partial charge in [-0.25, -0.2) is 18.2 Å². The van der Waals surface area contributed by atoms with Crippen LogP contribution in [0.2, 0.25) is 0 Å². The summed E-state index contributed by atoms with van der Waals surface area (Å²) in [6.45, 7) is 1.65. The molecule has 1 aliphatic rings. The molecule has 0 unspecified atom stereocenters. The standard InChI is InChI=1S/C21H22N6O5S/c1-12-10-13(11-15(22-12)23-18(28)14-7-8-14)6-5-9-27-17-16(19(29)26(3)21(27)30)25(2)20(24-17)33(4,31)32/h10-11,14H,7-9H2,1-4H3,(H,22,23,28). The van der Waals surface area contributed by atoms with Crippen LogP contribution in [-0.4, -0.2) is 44.3 Å². The van der Waals surface area contributed by atoms with Crippen molar-refractivity contribution in [2.45, 2.75) is 31.5 Å². The van der Waals surface area contributed by atoms with Crippen LogP contribution < -0.4 is 16.6 Å². The summed E-state index contributed by atoms with van der Waals surface area (Å²) < 4.78 is 27.3. The van der Waals surface area contributed by atoms with Gasteiger partial charge in [0.2, 0.25) is 20.9 Å². The number of amides is 1. The molecule has 1 fully saturated rings. The molecular formula is C21H22N6O5S. The number of nitrogens with one attached hydrogen (secondary N) is 1. The molecule has 1 amide bonds. The molecule has 1 saturated carbocycles. The molecule has 0 atom stereocenters. The number of hydrogen-bond donors (Lipinski definition) is 1. The van der Waals surface area contributed by atoms with Crippen molar-refractivity contribution >= 4 is 32.7 Å². The van der Waals surface area contributed by atoms with Gasteiger partial charge in [0.15, 0.2) is 11.2 Å². The van der Waals surface area contributed by atoms with Gasteiger partial charge in [-0.3, -0.25) is 18.7 Å². The van der Waals surface area contributed by atoms with Gasteiger partial charge < -0.3 is 9.88 Å². The highest BCUT2D eigenvalue weighted by Crippen LogP contribution is 2.30. The van der Waals surface area contributed by atoms with Crippen molar-refractivity contribution in [1.29, 1.82) is 0 Å². The molecule has 0 saturated heterocycles. The van der Waals surface area contributed by atoms with Crippen molar-refractivity contribution in [3.63, 3.8) is 0 Å². The van der Waals surface area contributed by atoms with Crippen molar-refractivity contribution in [1.82, 2.24) is 23.7 Å². The largest absolute Gasteiger partial charge is 0.333 e. The number of carbonyl (C=O) groups excluding carboxylic acids is 1. The maximum absolute atomic E-state index is 12.7. The molecule has 12 heteroatoms. The summed E-state index contributed by atoms with van der Waals surface area (Å²) in [7, 11) is -1.01. The van der Waals surface area contributed by atoms with E-state index in [0.29, 0.717) is 17.1 Å². The van der Waals surface area contributed by atoms with Crippen LogP contribution in [0.15, 0.2) is 26.9 Å². The lowest BCUT2D eigenvalue weighted by molar-refractivity contribution is -0.117. The Hall–Kier alpha value is -3.72. The molecule has 3 aromatic heterocycles. The van der Waals surface area contributed by atoms with E-state index in [9.17, 15) is 22.8 Å². The molecule has 3 aromatic rings. The second-order valence-electron chi connectivity index (χ2n) is 8.08. The smallest absolute Gasteiger partial charge is 0.312 e. The number of carbonyl (C=O) groups is 1. The van der Waals surface area contributed by atoms with E-state index in [1.807, 2.05) is 0 Å². The summed E-state index contributed by atoms with van der Waals surface area (Å²) in [6, 6.07) is 3.38. The van der Waals surface area contributed by atoms with Crippen LogP contribution in [0.25, 0.3) is 11.2 Å². The predicted molar refractivity (Wildman–Crippen MR) is 121 cm³/mol. The number of imidazole rings is 1. The highest BCUT2D eigenvalue weighted by atomic mass is 32.2. The van der Waals surface area contributed by atoms with Crippen molar-refractivity contribution in [3.8, 4) is 11.8 Å². The average Bonchev–Trinajstić information content (AvgIpc) is 3.51. The van der Waals surface area contributed by atoms with E-state index in [2.05, 4.69) is 27.1 Å². The maximum atomic E-state index is 12.7. The zero-order valence-corrected chi connectivity index (χ0v) is 19.4. The lowest BCUT2D eigenvalue weighted by Crippen LogP contribution is -2.38. The first-order chi connectivity index (χ1) is 15.5. The van der Waals surface area contributed by atoms with Gasteiger partial charge in [-0.15, -0.1) is 0 Å². The fourth-order valence-electron chi connectivity index (χ4n) is 3.48. The molecule has 0 bridgehead atoms. The molecular weight excluding hydrogens is 448 g/mol. The molecule has 1 aliphatic carbocycles. The van der Waals surface area contributed by atoms with E-state index < -0.39 is 21.1 Å². The summed E-state index contributed by atoms with van der Waals surface area (Å²) in [6.07, 6.45) is 2.73. The maximum Gasteiger partial charge on any atom is 0.333 e. The third kappa shape index (κ3) is 4.31. The fourth-order valence-corrected chi connectivity index (χ4v) is 4.32. The second kappa shape index (κ2) is 8.00. The van der Waals surface area contributed by atoms with Gasteiger partial charge in [0.25, 0.3) is 5.56 Å². The van der Waals surface area contributed by atoms with Gasteiger partial charge in [-0.05, 0) is 31.9 Å². The first kappa shape index (κ1) is 22.5. The van der Waals surface area contributed by atoms with Gasteiger partial charge in [-0.2, -0.15) is 4.98 Å². The zero-order valence-electron chi connectivity index (χ0n) is 18.5. The Kier molecular flexibility index (Phi) is 5.45.